The Balaban J connectivity index is -0.00000000500. The van der Waals surface area contributed by atoms with Gasteiger partial charge in [-0.1, -0.05) is 0 Å². The van der Waals surface area contributed by atoms with E-state index in [1.54, 1.807) is 0 Å². The Bertz CT molecular complexity index is 8.00. The minimum atomic E-state index is 0. The van der Waals surface area contributed by atoms with Crippen molar-refractivity contribution in [1.82, 2.24) is 0 Å². The van der Waals surface area contributed by atoms with E-state index in [0.717, 1.165) is 0 Å². The molecule has 0 bridgehead atoms. The van der Waals surface area contributed by atoms with Crippen molar-refractivity contribution in [3.63, 3.8) is 0 Å². The van der Waals surface area contributed by atoms with E-state index in [4.69, 9.17) is 2.81 Å². The second-order valence-corrected chi connectivity index (χ2v) is 0. The fourth-order valence-corrected chi connectivity index (χ4v) is 0. The summed E-state index contributed by atoms with van der Waals surface area (Å²) >= 11 is 0.194. The van der Waals surface area contributed by atoms with Crippen LogP contribution >= 0.6 is 12.4 Å². The molecule has 0 aliphatic rings. The molecule has 30 valence electrons. The monoisotopic (exact) mass is 368 g/mol. The van der Waals surface area contributed by atoms with E-state index in [2.05, 4.69) is 0 Å². The van der Waals surface area contributed by atoms with E-state index in [9.17, 15) is 0 Å². The van der Waals surface area contributed by atoms with Crippen LogP contribution in [0.5, 0.6) is 0 Å². The van der Waals surface area contributed by atoms with Gasteiger partial charge < -0.3 is 0 Å². The fourth-order valence-electron chi connectivity index (χ4n) is 0. The van der Waals surface area contributed by atoms with Gasteiger partial charge >= 0.3 is 27.5 Å². The first-order chi connectivity index (χ1) is 1.00. The topological polar surface area (TPSA) is 17.1 Å². The van der Waals surface area contributed by atoms with Gasteiger partial charge in [0.15, 0.2) is 0 Å². The van der Waals surface area contributed by atoms with Crippen LogP contribution < -0.4 is 0 Å². The van der Waals surface area contributed by atoms with Gasteiger partial charge in [-0.15, -0.1) is 12.4 Å². The Morgan fingerprint density at radius 1 is 1.25 bits per heavy atom. The van der Waals surface area contributed by atoms with Gasteiger partial charge in [-0.2, -0.15) is 0 Å². The third-order valence-corrected chi connectivity index (χ3v) is 0. The molecule has 0 atom stereocenters. The molecular formula is HAgBiClO. The minimum absolute atomic E-state index is 0. The summed E-state index contributed by atoms with van der Waals surface area (Å²) in [6.45, 7) is 0. The molecule has 0 aromatic heterocycles. The third kappa shape index (κ3) is 9.31. The van der Waals surface area contributed by atoms with Crippen molar-refractivity contribution in [2.75, 3.05) is 0 Å². The molecule has 0 aliphatic carbocycles. The SMILES string of the molecule is Cl.[Ag].[O]=[Bi]. The average molecular weight is 369 g/mol. The molecule has 0 aliphatic heterocycles. The Morgan fingerprint density at radius 2 is 1.25 bits per heavy atom. The first kappa shape index (κ1) is 17.2. The second-order valence-electron chi connectivity index (χ2n) is 0. The zero-order valence-corrected chi connectivity index (χ0v) is 7.34. The maximum atomic E-state index is 8.36. The van der Waals surface area contributed by atoms with E-state index in [1.807, 2.05) is 0 Å². The van der Waals surface area contributed by atoms with Crippen LogP contribution in [-0.4, -0.2) is 24.7 Å². The first-order valence-electron chi connectivity index (χ1n) is 0.183. The summed E-state index contributed by atoms with van der Waals surface area (Å²) in [5.74, 6) is 0. The molecule has 0 N–H and O–H groups in total. The van der Waals surface area contributed by atoms with E-state index in [0.29, 0.717) is 0 Å². The summed E-state index contributed by atoms with van der Waals surface area (Å²) in [7, 11) is 0. The summed E-state index contributed by atoms with van der Waals surface area (Å²) in [6.07, 6.45) is 0. The molecule has 0 amide bonds. The van der Waals surface area contributed by atoms with Crippen molar-refractivity contribution >= 4 is 37.1 Å². The average Bonchev–Trinajstić information content (AvgIpc) is 1.00. The summed E-state index contributed by atoms with van der Waals surface area (Å²) in [6, 6.07) is 0. The number of halogens is 1. The predicted octanol–water partition coefficient (Wildman–Crippen LogP) is -0.0803. The molecule has 0 heterocycles. The summed E-state index contributed by atoms with van der Waals surface area (Å²) in [4.78, 5) is 0. The molecular weight excluding hydrogens is 368 g/mol. The molecule has 0 fully saturated rings. The van der Waals surface area contributed by atoms with Crippen molar-refractivity contribution in [1.29, 1.82) is 0 Å². The first-order valence-corrected chi connectivity index (χ1v) is 1.60. The normalized spacial score (nSPS) is 1.00. The number of hydrogen-bond donors (Lipinski definition) is 0. The zero-order chi connectivity index (χ0) is 2.00. The van der Waals surface area contributed by atoms with E-state index in [-0.39, 0.29) is 59.5 Å². The van der Waals surface area contributed by atoms with Gasteiger partial charge in [0.1, 0.15) is 0 Å². The molecule has 4 heavy (non-hydrogen) atoms. The Kier molecular flexibility index (Phi) is 95.4. The van der Waals surface area contributed by atoms with E-state index in [1.165, 1.54) is 0 Å². The van der Waals surface area contributed by atoms with Gasteiger partial charge in [-0.25, -0.2) is 0 Å². The molecule has 0 spiro atoms. The maximum absolute atomic E-state index is 8.36. The van der Waals surface area contributed by atoms with Gasteiger partial charge in [0.05, 0.1) is 0 Å². The van der Waals surface area contributed by atoms with Crippen molar-refractivity contribution in [2.45, 2.75) is 0 Å². The molecule has 0 saturated heterocycles. The molecule has 0 aromatic rings. The van der Waals surface area contributed by atoms with Crippen LogP contribution in [0.2, 0.25) is 0 Å². The van der Waals surface area contributed by atoms with Crippen LogP contribution in [0.1, 0.15) is 0 Å². The second kappa shape index (κ2) is 22.1. The van der Waals surface area contributed by atoms with Crippen LogP contribution in [0.25, 0.3) is 0 Å². The van der Waals surface area contributed by atoms with Crippen molar-refractivity contribution in [3.8, 4) is 0 Å². The number of rotatable bonds is 0. The molecule has 4 heteroatoms. The van der Waals surface area contributed by atoms with E-state index >= 15 is 0 Å². The van der Waals surface area contributed by atoms with Gasteiger partial charge in [-0.05, 0) is 0 Å². The van der Waals surface area contributed by atoms with Crippen molar-refractivity contribution < 1.29 is 25.2 Å². The molecule has 0 saturated carbocycles. The van der Waals surface area contributed by atoms with Crippen LogP contribution in [-0.2, 0) is 25.2 Å². The van der Waals surface area contributed by atoms with Gasteiger partial charge in [0, 0.05) is 22.4 Å². The molecule has 0 unspecified atom stereocenters. The van der Waals surface area contributed by atoms with Crippen LogP contribution in [0.4, 0.5) is 0 Å². The predicted molar refractivity (Wildman–Crippen MR) is 13.7 cm³/mol. The third-order valence-electron chi connectivity index (χ3n) is 0. The Morgan fingerprint density at radius 3 is 1.25 bits per heavy atom. The number of hydrogen-bond acceptors (Lipinski definition) is 1. The van der Waals surface area contributed by atoms with Gasteiger partial charge in [-0.3, -0.25) is 0 Å². The van der Waals surface area contributed by atoms with Crippen LogP contribution in [0.15, 0.2) is 0 Å². The quantitative estimate of drug-likeness (QED) is 0.546. The summed E-state index contributed by atoms with van der Waals surface area (Å²) in [5.41, 5.74) is 0. The van der Waals surface area contributed by atoms with E-state index < -0.39 is 0 Å². The molecule has 1 nitrogen and oxygen atoms in total. The van der Waals surface area contributed by atoms with Crippen molar-refractivity contribution in [2.24, 2.45) is 0 Å². The Hall–Kier alpha value is 1.71. The fraction of sp³-hybridized carbons (Fsp3) is 0. The molecule has 2 radical (unpaired) electrons. The van der Waals surface area contributed by atoms with Gasteiger partial charge in [0.25, 0.3) is 0 Å². The molecule has 0 rings (SSSR count). The Labute approximate surface area is 61.7 Å². The van der Waals surface area contributed by atoms with Crippen LogP contribution in [0.3, 0.4) is 0 Å². The van der Waals surface area contributed by atoms with Crippen LogP contribution in [0, 0.1) is 0 Å². The van der Waals surface area contributed by atoms with Gasteiger partial charge in [0.2, 0.25) is 0 Å². The summed E-state index contributed by atoms with van der Waals surface area (Å²) < 4.78 is 8.36. The molecule has 0 aromatic carbocycles. The summed E-state index contributed by atoms with van der Waals surface area (Å²) in [5, 5.41) is 0. The zero-order valence-electron chi connectivity index (χ0n) is 1.57. The standard InChI is InChI=1S/Ag.Bi.ClH.O/h;;1H;. The van der Waals surface area contributed by atoms with Crippen molar-refractivity contribution in [3.05, 3.63) is 0 Å².